The molecule has 6 nitrogen and oxygen atoms in total. The van der Waals surface area contributed by atoms with Crippen molar-refractivity contribution in [3.63, 3.8) is 0 Å². The molecule has 4 rings (SSSR count). The number of carbonyl (C=O) groups excluding carboxylic acids is 1. The van der Waals surface area contributed by atoms with Crippen LogP contribution >= 0.6 is 0 Å². The van der Waals surface area contributed by atoms with Gasteiger partial charge in [0.05, 0.1) is 13.0 Å². The summed E-state index contributed by atoms with van der Waals surface area (Å²) in [5.41, 5.74) is 2.33. The number of benzene rings is 1. The van der Waals surface area contributed by atoms with Crippen molar-refractivity contribution in [1.29, 1.82) is 0 Å². The summed E-state index contributed by atoms with van der Waals surface area (Å²) >= 11 is 0. The van der Waals surface area contributed by atoms with Gasteiger partial charge in [0.1, 0.15) is 0 Å². The molecule has 24 heavy (non-hydrogen) atoms. The molecule has 6 heteroatoms. The molecule has 0 radical (unpaired) electrons. The van der Waals surface area contributed by atoms with Gasteiger partial charge in [-0.15, -0.1) is 0 Å². The highest BCUT2D eigenvalue weighted by Gasteiger charge is 2.35. The predicted octanol–water partition coefficient (Wildman–Crippen LogP) is 1.90. The molecular formula is C18H20N4O2. The molecule has 1 aromatic carbocycles. The molecule has 1 amide bonds. The van der Waals surface area contributed by atoms with Crippen molar-refractivity contribution in [2.24, 2.45) is 5.92 Å². The van der Waals surface area contributed by atoms with Crippen molar-refractivity contribution < 1.29 is 9.53 Å². The fourth-order valence-electron chi connectivity index (χ4n) is 3.53. The Kier molecular flexibility index (Phi) is 3.80. The molecule has 0 N–H and O–H groups in total. The predicted molar refractivity (Wildman–Crippen MR) is 91.4 cm³/mol. The van der Waals surface area contributed by atoms with Gasteiger partial charge >= 0.3 is 0 Å². The van der Waals surface area contributed by atoms with Crippen molar-refractivity contribution in [2.45, 2.75) is 12.8 Å². The lowest BCUT2D eigenvalue weighted by Gasteiger charge is -2.22. The Morgan fingerprint density at radius 2 is 2.12 bits per heavy atom. The molecule has 2 aliphatic rings. The van der Waals surface area contributed by atoms with Gasteiger partial charge in [0.25, 0.3) is 0 Å². The Hall–Kier alpha value is -2.63. The smallest absolute Gasteiger partial charge is 0.231 e. The lowest BCUT2D eigenvalue weighted by Crippen LogP contribution is -2.36. The van der Waals surface area contributed by atoms with Crippen LogP contribution in [0.4, 0.5) is 11.6 Å². The van der Waals surface area contributed by atoms with Crippen molar-refractivity contribution in [1.82, 2.24) is 9.97 Å². The van der Waals surface area contributed by atoms with Crippen LogP contribution in [0.15, 0.2) is 36.5 Å². The molecule has 2 aromatic rings. The van der Waals surface area contributed by atoms with Crippen LogP contribution in [0.2, 0.25) is 0 Å². The van der Waals surface area contributed by atoms with Gasteiger partial charge in [0, 0.05) is 37.6 Å². The van der Waals surface area contributed by atoms with E-state index in [1.54, 1.807) is 19.4 Å². The molecule has 0 saturated carbocycles. The monoisotopic (exact) mass is 324 g/mol. The van der Waals surface area contributed by atoms with E-state index in [1.807, 2.05) is 23.1 Å². The Balaban J connectivity index is 1.48. The first-order valence-electron chi connectivity index (χ1n) is 8.27. The normalized spacial score (nSPS) is 19.5. The summed E-state index contributed by atoms with van der Waals surface area (Å²) in [7, 11) is 1.59. The molecular weight excluding hydrogens is 304 g/mol. The van der Waals surface area contributed by atoms with Crippen molar-refractivity contribution >= 4 is 17.5 Å². The minimum absolute atomic E-state index is 0.00837. The third-order valence-corrected chi connectivity index (χ3v) is 4.80. The van der Waals surface area contributed by atoms with Crippen LogP contribution < -0.4 is 14.5 Å². The highest BCUT2D eigenvalue weighted by molar-refractivity contribution is 5.97. The zero-order valence-electron chi connectivity index (χ0n) is 13.7. The first-order valence-corrected chi connectivity index (χ1v) is 8.27. The zero-order chi connectivity index (χ0) is 16.5. The molecule has 1 atom stereocenters. The van der Waals surface area contributed by atoms with E-state index in [9.17, 15) is 4.79 Å². The Morgan fingerprint density at radius 3 is 3.00 bits per heavy atom. The number of anilines is 2. The second-order valence-corrected chi connectivity index (χ2v) is 6.20. The van der Waals surface area contributed by atoms with E-state index in [4.69, 9.17) is 4.74 Å². The molecule has 1 saturated heterocycles. The number of methoxy groups -OCH3 is 1. The van der Waals surface area contributed by atoms with Crippen LogP contribution in [-0.4, -0.2) is 42.6 Å². The van der Waals surface area contributed by atoms with E-state index < -0.39 is 0 Å². The number of hydrogen-bond donors (Lipinski definition) is 0. The Labute approximate surface area is 141 Å². The standard InChI is InChI=1S/C18H20N4O2/c1-24-16-6-9-19-18(20-16)21-10-7-14(12-21)17(23)22-11-8-13-4-2-3-5-15(13)22/h2-6,9,14H,7-8,10-12H2,1H3. The van der Waals surface area contributed by atoms with Gasteiger partial charge in [0.15, 0.2) is 0 Å². The lowest BCUT2D eigenvalue weighted by atomic mass is 10.1. The fraction of sp³-hybridized carbons (Fsp3) is 0.389. The summed E-state index contributed by atoms with van der Waals surface area (Å²) in [6.07, 6.45) is 3.46. The summed E-state index contributed by atoms with van der Waals surface area (Å²) in [5, 5.41) is 0. The molecule has 0 spiro atoms. The van der Waals surface area contributed by atoms with Crippen LogP contribution in [-0.2, 0) is 11.2 Å². The van der Waals surface area contributed by atoms with E-state index in [0.717, 1.165) is 31.6 Å². The Morgan fingerprint density at radius 1 is 1.25 bits per heavy atom. The maximum atomic E-state index is 12.9. The lowest BCUT2D eigenvalue weighted by molar-refractivity contribution is -0.121. The quantitative estimate of drug-likeness (QED) is 0.863. The summed E-state index contributed by atoms with van der Waals surface area (Å²) in [5.74, 6) is 1.38. The topological polar surface area (TPSA) is 58.6 Å². The molecule has 1 unspecified atom stereocenters. The SMILES string of the molecule is COc1ccnc(N2CCC(C(=O)N3CCc4ccccc43)C2)n1. The first kappa shape index (κ1) is 14.9. The van der Waals surface area contributed by atoms with E-state index in [-0.39, 0.29) is 11.8 Å². The number of rotatable bonds is 3. The van der Waals surface area contributed by atoms with Gasteiger partial charge in [-0.1, -0.05) is 18.2 Å². The summed E-state index contributed by atoms with van der Waals surface area (Å²) in [6, 6.07) is 9.90. The van der Waals surface area contributed by atoms with Gasteiger partial charge in [-0.2, -0.15) is 4.98 Å². The van der Waals surface area contributed by atoms with Crippen LogP contribution in [0.5, 0.6) is 5.88 Å². The van der Waals surface area contributed by atoms with Crippen molar-refractivity contribution in [3.05, 3.63) is 42.1 Å². The maximum absolute atomic E-state index is 12.9. The zero-order valence-corrected chi connectivity index (χ0v) is 13.7. The van der Waals surface area contributed by atoms with Gasteiger partial charge in [-0.3, -0.25) is 4.79 Å². The average Bonchev–Trinajstić information content (AvgIpc) is 3.28. The number of fused-ring (bicyclic) bond motifs is 1. The van der Waals surface area contributed by atoms with Crippen molar-refractivity contribution in [2.75, 3.05) is 36.5 Å². The number of carbonyl (C=O) groups is 1. The maximum Gasteiger partial charge on any atom is 0.231 e. The van der Waals surface area contributed by atoms with Gasteiger partial charge in [0.2, 0.25) is 17.7 Å². The van der Waals surface area contributed by atoms with Crippen LogP contribution in [0.1, 0.15) is 12.0 Å². The first-order chi connectivity index (χ1) is 11.8. The number of ether oxygens (including phenoxy) is 1. The number of amides is 1. The van der Waals surface area contributed by atoms with Gasteiger partial charge in [-0.05, 0) is 24.5 Å². The Bertz CT molecular complexity index is 764. The fourth-order valence-corrected chi connectivity index (χ4v) is 3.53. The third-order valence-electron chi connectivity index (χ3n) is 4.80. The summed E-state index contributed by atoms with van der Waals surface area (Å²) in [6.45, 7) is 2.23. The van der Waals surface area contributed by atoms with E-state index in [1.165, 1.54) is 5.56 Å². The highest BCUT2D eigenvalue weighted by Crippen LogP contribution is 2.31. The third kappa shape index (κ3) is 2.58. The van der Waals surface area contributed by atoms with Crippen LogP contribution in [0.3, 0.4) is 0 Å². The average molecular weight is 324 g/mol. The molecule has 0 bridgehead atoms. The van der Waals surface area contributed by atoms with E-state index >= 15 is 0 Å². The molecule has 0 aliphatic carbocycles. The number of hydrogen-bond acceptors (Lipinski definition) is 5. The van der Waals surface area contributed by atoms with E-state index in [2.05, 4.69) is 20.9 Å². The molecule has 3 heterocycles. The van der Waals surface area contributed by atoms with Crippen molar-refractivity contribution in [3.8, 4) is 5.88 Å². The second kappa shape index (κ2) is 6.11. The number of aromatic nitrogens is 2. The molecule has 1 fully saturated rings. The summed E-state index contributed by atoms with van der Waals surface area (Å²) in [4.78, 5) is 25.6. The highest BCUT2D eigenvalue weighted by atomic mass is 16.5. The van der Waals surface area contributed by atoms with Gasteiger partial charge < -0.3 is 14.5 Å². The summed E-state index contributed by atoms with van der Waals surface area (Å²) < 4.78 is 5.16. The van der Waals surface area contributed by atoms with Crippen LogP contribution in [0.25, 0.3) is 0 Å². The molecule has 124 valence electrons. The largest absolute Gasteiger partial charge is 0.481 e. The van der Waals surface area contributed by atoms with E-state index in [0.29, 0.717) is 18.4 Å². The molecule has 1 aromatic heterocycles. The van der Waals surface area contributed by atoms with Crippen LogP contribution in [0, 0.1) is 5.92 Å². The number of para-hydroxylation sites is 1. The molecule has 2 aliphatic heterocycles. The number of nitrogens with zero attached hydrogens (tertiary/aromatic N) is 4. The van der Waals surface area contributed by atoms with Gasteiger partial charge in [-0.25, -0.2) is 4.98 Å². The minimum atomic E-state index is -0.00837. The second-order valence-electron chi connectivity index (χ2n) is 6.20. The minimum Gasteiger partial charge on any atom is -0.481 e.